The third-order valence-electron chi connectivity index (χ3n) is 4.70. The van der Waals surface area contributed by atoms with Crippen LogP contribution in [0.4, 0.5) is 10.1 Å². The summed E-state index contributed by atoms with van der Waals surface area (Å²) in [7, 11) is -3.41. The molecule has 1 aliphatic heterocycles. The molecule has 2 aromatic carbocycles. The highest BCUT2D eigenvalue weighted by Gasteiger charge is 2.37. The van der Waals surface area contributed by atoms with Gasteiger partial charge in [0.1, 0.15) is 5.82 Å². The number of carbonyl (C=O) groups is 1. The zero-order valence-electron chi connectivity index (χ0n) is 16.2. The molecule has 0 bridgehead atoms. The van der Waals surface area contributed by atoms with Crippen molar-refractivity contribution in [1.82, 2.24) is 5.01 Å². The van der Waals surface area contributed by atoms with Crippen LogP contribution in [0.15, 0.2) is 70.4 Å². The Morgan fingerprint density at radius 1 is 1.19 bits per heavy atom. The normalized spacial score (nSPS) is 16.3. The van der Waals surface area contributed by atoms with Gasteiger partial charge in [-0.3, -0.25) is 9.52 Å². The zero-order valence-corrected chi connectivity index (χ0v) is 17.8. The predicted octanol–water partition coefficient (Wildman–Crippen LogP) is 4.44. The molecule has 31 heavy (non-hydrogen) atoms. The standard InChI is InChI=1S/C21H17ClFN3O4S/c1-31(28,29)25-14-9-7-13(8-10-14)17-12-18(20-15(22)4-2-5-16(20)23)26(24-17)21(27)19-6-3-11-30-19/h2-11,18,25H,12H2,1H3/t18-/m1/s1. The van der Waals surface area contributed by atoms with E-state index >= 15 is 0 Å². The van der Waals surface area contributed by atoms with Crippen LogP contribution in [0.2, 0.25) is 5.02 Å². The van der Waals surface area contributed by atoms with Gasteiger partial charge in [0.05, 0.1) is 24.3 Å². The van der Waals surface area contributed by atoms with Crippen molar-refractivity contribution < 1.29 is 22.0 Å². The minimum absolute atomic E-state index is 0.0650. The summed E-state index contributed by atoms with van der Waals surface area (Å²) in [6.07, 6.45) is 2.64. The lowest BCUT2D eigenvalue weighted by Gasteiger charge is -2.22. The molecule has 1 aromatic heterocycles. The first-order valence-corrected chi connectivity index (χ1v) is 11.5. The van der Waals surface area contributed by atoms with E-state index in [1.807, 2.05) is 0 Å². The fraction of sp³-hybridized carbons (Fsp3) is 0.143. The van der Waals surface area contributed by atoms with Gasteiger partial charge >= 0.3 is 5.91 Å². The van der Waals surface area contributed by atoms with Crippen LogP contribution in [0, 0.1) is 5.82 Å². The van der Waals surface area contributed by atoms with Crippen LogP contribution in [0.3, 0.4) is 0 Å². The number of sulfonamides is 1. The van der Waals surface area contributed by atoms with Gasteiger partial charge in [0.2, 0.25) is 10.0 Å². The quantitative estimate of drug-likeness (QED) is 0.608. The number of hydrogen-bond acceptors (Lipinski definition) is 5. The molecule has 0 fully saturated rings. The monoisotopic (exact) mass is 461 g/mol. The van der Waals surface area contributed by atoms with Crippen LogP contribution in [0.5, 0.6) is 0 Å². The summed E-state index contributed by atoms with van der Waals surface area (Å²) in [6.45, 7) is 0. The van der Waals surface area contributed by atoms with E-state index < -0.39 is 27.8 Å². The Labute approximate surface area is 183 Å². The Morgan fingerprint density at radius 3 is 2.55 bits per heavy atom. The highest BCUT2D eigenvalue weighted by Crippen LogP contribution is 2.38. The highest BCUT2D eigenvalue weighted by molar-refractivity contribution is 7.92. The molecule has 0 saturated heterocycles. The molecule has 7 nitrogen and oxygen atoms in total. The van der Waals surface area contributed by atoms with Crippen molar-refractivity contribution >= 4 is 38.9 Å². The Bertz CT molecular complexity index is 1240. The average molecular weight is 462 g/mol. The minimum atomic E-state index is -3.41. The molecule has 160 valence electrons. The Hall–Kier alpha value is -3.17. The molecular weight excluding hydrogens is 445 g/mol. The number of halogens is 2. The lowest BCUT2D eigenvalue weighted by Crippen LogP contribution is -2.27. The number of furan rings is 1. The fourth-order valence-corrected chi connectivity index (χ4v) is 4.24. The van der Waals surface area contributed by atoms with Gasteiger partial charge in [0.25, 0.3) is 0 Å². The topological polar surface area (TPSA) is 92.0 Å². The number of hydrogen-bond donors (Lipinski definition) is 1. The third-order valence-corrected chi connectivity index (χ3v) is 5.64. The number of hydrazone groups is 1. The molecule has 4 rings (SSSR count). The van der Waals surface area contributed by atoms with Crippen molar-refractivity contribution in [2.24, 2.45) is 5.10 Å². The van der Waals surface area contributed by atoms with Crippen molar-refractivity contribution in [3.8, 4) is 0 Å². The molecule has 1 aliphatic rings. The second kappa shape index (κ2) is 8.16. The van der Waals surface area contributed by atoms with Crippen molar-refractivity contribution in [3.63, 3.8) is 0 Å². The van der Waals surface area contributed by atoms with Gasteiger partial charge in [-0.2, -0.15) is 5.10 Å². The summed E-state index contributed by atoms with van der Waals surface area (Å²) in [5, 5.41) is 5.79. The number of rotatable bonds is 5. The first-order chi connectivity index (χ1) is 14.7. The highest BCUT2D eigenvalue weighted by atomic mass is 35.5. The maximum Gasteiger partial charge on any atom is 0.310 e. The van der Waals surface area contributed by atoms with Crippen LogP contribution in [0.1, 0.15) is 34.1 Å². The molecule has 0 radical (unpaired) electrons. The van der Waals surface area contributed by atoms with E-state index in [1.54, 1.807) is 36.4 Å². The smallest absolute Gasteiger partial charge is 0.310 e. The van der Waals surface area contributed by atoms with E-state index in [1.165, 1.54) is 29.5 Å². The maximum atomic E-state index is 14.7. The number of carbonyl (C=O) groups excluding carboxylic acids is 1. The molecule has 1 amide bonds. The first kappa shape index (κ1) is 21.1. The van der Waals surface area contributed by atoms with Gasteiger partial charge in [0, 0.05) is 22.7 Å². The van der Waals surface area contributed by atoms with Crippen molar-refractivity contribution in [3.05, 3.63) is 88.6 Å². The largest absolute Gasteiger partial charge is 0.459 e. The SMILES string of the molecule is CS(=O)(=O)Nc1ccc(C2=NN(C(=O)c3ccco3)[C@@H](c3c(F)cccc3Cl)C2)cc1. The third kappa shape index (κ3) is 4.47. The molecule has 1 N–H and O–H groups in total. The van der Waals surface area contributed by atoms with Gasteiger partial charge < -0.3 is 4.42 Å². The number of benzene rings is 2. The average Bonchev–Trinajstić information content (AvgIpc) is 3.37. The minimum Gasteiger partial charge on any atom is -0.459 e. The number of nitrogens with one attached hydrogen (secondary N) is 1. The van der Waals surface area contributed by atoms with E-state index in [9.17, 15) is 17.6 Å². The molecule has 0 saturated carbocycles. The van der Waals surface area contributed by atoms with Gasteiger partial charge in [-0.25, -0.2) is 17.8 Å². The van der Waals surface area contributed by atoms with Crippen LogP contribution >= 0.6 is 11.6 Å². The summed E-state index contributed by atoms with van der Waals surface area (Å²) in [4.78, 5) is 13.0. The summed E-state index contributed by atoms with van der Waals surface area (Å²) in [5.74, 6) is -1.01. The van der Waals surface area contributed by atoms with Crippen molar-refractivity contribution in [1.29, 1.82) is 0 Å². The second-order valence-electron chi connectivity index (χ2n) is 6.98. The molecule has 1 atom stereocenters. The van der Waals surface area contributed by atoms with Gasteiger partial charge in [-0.15, -0.1) is 0 Å². The summed E-state index contributed by atoms with van der Waals surface area (Å²) < 4.78 is 45.0. The van der Waals surface area contributed by atoms with Crippen LogP contribution in [0.25, 0.3) is 0 Å². The summed E-state index contributed by atoms with van der Waals surface area (Å²) >= 11 is 6.26. The molecule has 2 heterocycles. The van der Waals surface area contributed by atoms with Crippen LogP contribution in [-0.2, 0) is 10.0 Å². The molecule has 0 unspecified atom stereocenters. The number of nitrogens with zero attached hydrogens (tertiary/aromatic N) is 2. The van der Waals surface area contributed by atoms with E-state index in [0.29, 0.717) is 17.0 Å². The molecule has 0 spiro atoms. The Balaban J connectivity index is 1.71. The molecular formula is C21H17ClFN3O4S. The van der Waals surface area contributed by atoms with E-state index in [4.69, 9.17) is 16.0 Å². The van der Waals surface area contributed by atoms with E-state index in [2.05, 4.69) is 9.82 Å². The molecule has 10 heteroatoms. The summed E-state index contributed by atoms with van der Waals surface area (Å²) in [6, 6.07) is 13.1. The van der Waals surface area contributed by atoms with E-state index in [0.717, 1.165) is 6.26 Å². The van der Waals surface area contributed by atoms with Gasteiger partial charge in [-0.1, -0.05) is 29.8 Å². The van der Waals surface area contributed by atoms with Crippen LogP contribution < -0.4 is 4.72 Å². The maximum absolute atomic E-state index is 14.7. The van der Waals surface area contributed by atoms with Gasteiger partial charge in [-0.05, 0) is 42.0 Å². The second-order valence-corrected chi connectivity index (χ2v) is 9.14. The number of anilines is 1. The van der Waals surface area contributed by atoms with Crippen molar-refractivity contribution in [2.75, 3.05) is 11.0 Å². The predicted molar refractivity (Wildman–Crippen MR) is 115 cm³/mol. The lowest BCUT2D eigenvalue weighted by atomic mass is 9.97. The van der Waals surface area contributed by atoms with Gasteiger partial charge in [0.15, 0.2) is 5.76 Å². The summed E-state index contributed by atoms with van der Waals surface area (Å²) in [5.41, 5.74) is 1.74. The molecule has 0 aliphatic carbocycles. The fourth-order valence-electron chi connectivity index (χ4n) is 3.38. The zero-order chi connectivity index (χ0) is 22.2. The first-order valence-electron chi connectivity index (χ1n) is 9.19. The Kier molecular flexibility index (Phi) is 5.55. The van der Waals surface area contributed by atoms with E-state index in [-0.39, 0.29) is 22.8 Å². The van der Waals surface area contributed by atoms with Crippen LogP contribution in [-0.4, -0.2) is 31.3 Å². The lowest BCUT2D eigenvalue weighted by molar-refractivity contribution is 0.0676. The van der Waals surface area contributed by atoms with Crippen molar-refractivity contribution in [2.45, 2.75) is 12.5 Å². The molecule has 3 aromatic rings. The Morgan fingerprint density at radius 2 is 1.94 bits per heavy atom. The number of amides is 1.